The number of esters is 2. The number of hydrogen-bond acceptors (Lipinski definition) is 5. The predicted molar refractivity (Wildman–Crippen MR) is 214 cm³/mol. The van der Waals surface area contributed by atoms with Gasteiger partial charge in [0.1, 0.15) is 0 Å². The number of rotatable bonds is 3. The molecule has 1 heterocycles. The van der Waals surface area contributed by atoms with Gasteiger partial charge in [0.15, 0.2) is 5.78 Å². The van der Waals surface area contributed by atoms with Gasteiger partial charge >= 0.3 is 29.3 Å². The number of cyclic esters (lactones) is 2. The largest absolute Gasteiger partial charge is 0.643 e. The van der Waals surface area contributed by atoms with Gasteiger partial charge in [-0.15, -0.1) is 0 Å². The summed E-state index contributed by atoms with van der Waals surface area (Å²) in [7, 11) is 14.8. The summed E-state index contributed by atoms with van der Waals surface area (Å²) in [5.41, 5.74) is 1.34. The lowest BCUT2D eigenvalue weighted by molar-refractivity contribution is 0.0443. The molecule has 0 saturated heterocycles. The molecule has 0 aliphatic carbocycles. The van der Waals surface area contributed by atoms with Crippen LogP contribution in [0.3, 0.4) is 0 Å². The number of ketones is 1. The molecule has 4 aromatic carbocycles. The highest BCUT2D eigenvalue weighted by atomic mass is 79.9. The van der Waals surface area contributed by atoms with Gasteiger partial charge in [-0.1, -0.05) is 84.0 Å². The number of fused-ring (bicyclic) bond motifs is 1. The molecule has 0 aromatic heterocycles. The Labute approximate surface area is 333 Å². The van der Waals surface area contributed by atoms with E-state index in [-0.39, 0.29) is 16.9 Å². The molecule has 0 atom stereocenters. The molecule has 0 amide bonds. The molecule has 48 heavy (non-hydrogen) atoms. The molecule has 14 heteroatoms. The van der Waals surface area contributed by atoms with Crippen LogP contribution >= 0.6 is 93.9 Å². The average molecular weight is 992 g/mol. The summed E-state index contributed by atoms with van der Waals surface area (Å²) in [6, 6.07) is 25.7. The van der Waals surface area contributed by atoms with Crippen molar-refractivity contribution in [3.05, 3.63) is 137 Å². The number of carboxylic acids is 1. The molecular weight excluding hydrogens is 957 g/mol. The van der Waals surface area contributed by atoms with Gasteiger partial charge in [0.25, 0.3) is 0 Å². The molecule has 1 aliphatic rings. The number of carbonyl (C=O) groups excluding carboxylic acids is 3. The van der Waals surface area contributed by atoms with E-state index in [1.54, 1.807) is 54.6 Å². The van der Waals surface area contributed by atoms with Crippen LogP contribution in [0.5, 0.6) is 0 Å². The van der Waals surface area contributed by atoms with Gasteiger partial charge < -0.3 is 9.84 Å². The van der Waals surface area contributed by atoms with E-state index in [0.717, 1.165) is 17.9 Å². The Morgan fingerprint density at radius 3 is 1.31 bits per heavy atom. The first-order chi connectivity index (χ1) is 22.8. The second-order valence-corrected chi connectivity index (χ2v) is 17.5. The first kappa shape index (κ1) is 48.6. The average Bonchev–Trinajstić information content (AvgIpc) is 3.39. The van der Waals surface area contributed by atoms with E-state index >= 15 is 0 Å². The molecular formula is C34H34AlBr4Cl3O6. The molecule has 0 radical (unpaired) electrons. The topological polar surface area (TPSA) is 97.7 Å². The quantitative estimate of drug-likeness (QED) is 0.0950. The molecule has 1 N–H and O–H groups in total. The molecule has 0 fully saturated rings. The van der Waals surface area contributed by atoms with Gasteiger partial charge in [0, 0.05) is 29.0 Å². The first-order valence-corrected chi connectivity index (χ1v) is 22.7. The van der Waals surface area contributed by atoms with Crippen molar-refractivity contribution in [2.45, 2.75) is 41.5 Å². The summed E-state index contributed by atoms with van der Waals surface area (Å²) >= 11 is 11.6. The summed E-state index contributed by atoms with van der Waals surface area (Å²) in [6.07, 6.45) is 0. The van der Waals surface area contributed by atoms with E-state index in [4.69, 9.17) is 35.3 Å². The lowest BCUT2D eigenvalue weighted by Gasteiger charge is -2.06. The number of carboxylic acid groups (broad SMARTS) is 1. The van der Waals surface area contributed by atoms with Crippen molar-refractivity contribution >= 4 is 129 Å². The van der Waals surface area contributed by atoms with E-state index in [1.807, 2.05) is 65.8 Å². The fraction of sp³-hybridized carbons (Fsp3) is 0.176. The molecule has 0 saturated carbocycles. The smallest absolute Gasteiger partial charge is 0.478 e. The Kier molecular flexibility index (Phi) is 28.6. The third-order valence-electron chi connectivity index (χ3n) is 4.96. The van der Waals surface area contributed by atoms with Crippen LogP contribution in [0.1, 0.15) is 88.5 Å². The maximum absolute atomic E-state index is 12.3. The van der Waals surface area contributed by atoms with E-state index in [2.05, 4.69) is 68.5 Å². The summed E-state index contributed by atoms with van der Waals surface area (Å²) in [5, 5.41) is 9.09. The van der Waals surface area contributed by atoms with Crippen molar-refractivity contribution in [3.8, 4) is 0 Å². The van der Waals surface area contributed by atoms with Gasteiger partial charge in [0.05, 0.1) is 16.7 Å². The second-order valence-electron chi connectivity index (χ2n) is 7.69. The Morgan fingerprint density at radius 2 is 0.938 bits per heavy atom. The number of hydrogen-bond donors (Lipinski definition) is 1. The van der Waals surface area contributed by atoms with Crippen LogP contribution < -0.4 is 0 Å². The maximum atomic E-state index is 12.3. The zero-order valence-corrected chi connectivity index (χ0v) is 36.6. The molecule has 258 valence electrons. The van der Waals surface area contributed by atoms with Gasteiger partial charge in [-0.25, -0.2) is 44.5 Å². The molecule has 5 rings (SSSR count). The van der Waals surface area contributed by atoms with Crippen LogP contribution in [-0.4, -0.2) is 40.2 Å². The minimum absolute atomic E-state index is 0.00606. The highest BCUT2D eigenvalue weighted by molar-refractivity contribution is 9.13. The lowest BCUT2D eigenvalue weighted by atomic mass is 9.98. The molecule has 6 nitrogen and oxygen atoms in total. The number of benzene rings is 4. The number of ether oxygens (including phenoxy) is 1. The van der Waals surface area contributed by atoms with Gasteiger partial charge in [-0.3, -0.25) is 4.79 Å². The van der Waals surface area contributed by atoms with E-state index in [1.165, 1.54) is 12.1 Å². The zero-order valence-electron chi connectivity index (χ0n) is 26.9. The third-order valence-corrected chi connectivity index (χ3v) is 8.76. The van der Waals surface area contributed by atoms with Crippen LogP contribution in [0.2, 0.25) is 0 Å². The van der Waals surface area contributed by atoms with E-state index in [0.29, 0.717) is 16.7 Å². The number of carbonyl (C=O) groups is 4. The summed E-state index contributed by atoms with van der Waals surface area (Å²) < 4.78 is 8.12. The predicted octanol–water partition coefficient (Wildman–Crippen LogP) is 13.1. The van der Waals surface area contributed by atoms with Crippen molar-refractivity contribution in [1.29, 1.82) is 0 Å². The fourth-order valence-corrected chi connectivity index (χ4v) is 4.33. The zero-order chi connectivity index (χ0) is 37.4. The summed E-state index contributed by atoms with van der Waals surface area (Å²) in [5.74, 6) is -2.53. The maximum Gasteiger partial charge on any atom is 0.643 e. The van der Waals surface area contributed by atoms with E-state index in [9.17, 15) is 19.2 Å². The Bertz CT molecular complexity index is 1550. The van der Waals surface area contributed by atoms with Crippen molar-refractivity contribution in [2.75, 3.05) is 0 Å². The molecule has 0 spiro atoms. The Morgan fingerprint density at radius 1 is 0.583 bits per heavy atom. The normalized spacial score (nSPS) is 9.85. The van der Waals surface area contributed by atoms with Crippen molar-refractivity contribution in [3.63, 3.8) is 0 Å². The summed E-state index contributed by atoms with van der Waals surface area (Å²) in [4.78, 5) is 45.1. The molecule has 0 unspecified atom stereocenters. The van der Waals surface area contributed by atoms with Crippen LogP contribution in [-0.2, 0) is 4.74 Å². The standard InChI is InChI=1S/C14H8Br2O3.C8H4O3.C6H4Br2.3C2H6.Al.3ClH/c15-11-6-5-8(7-12(11)16)13(17)9-3-1-2-4-10(9)14(18)19;9-7-5-3-1-2-4-6(5)8(10)11-7;7-5-3-1-2-4-6(5)8;3*1-2;;;;/h1-7H,(H,18,19);1-4H;1-4H;3*1-2H3;;3*1H/q;;;;;;+3;;;/p-3. The van der Waals surface area contributed by atoms with Crippen LogP contribution in [0, 0.1) is 0 Å². The van der Waals surface area contributed by atoms with Crippen LogP contribution in [0.4, 0.5) is 0 Å². The van der Waals surface area contributed by atoms with E-state index < -0.39 is 29.3 Å². The lowest BCUT2D eigenvalue weighted by Crippen LogP contribution is -2.09. The highest BCUT2D eigenvalue weighted by Gasteiger charge is 2.28. The van der Waals surface area contributed by atoms with Crippen molar-refractivity contribution < 1.29 is 29.0 Å². The number of aromatic carboxylic acids is 1. The van der Waals surface area contributed by atoms with Crippen molar-refractivity contribution in [1.82, 2.24) is 0 Å². The fourth-order valence-electron chi connectivity index (χ4n) is 3.13. The third kappa shape index (κ3) is 17.9. The molecule has 0 bridgehead atoms. The van der Waals surface area contributed by atoms with Gasteiger partial charge in [0.2, 0.25) is 0 Å². The Hall–Kier alpha value is -1.52. The minimum atomic E-state index is -1.72. The molecule has 1 aliphatic heterocycles. The highest BCUT2D eigenvalue weighted by Crippen LogP contribution is 2.26. The molecule has 4 aromatic rings. The monoisotopic (exact) mass is 986 g/mol. The van der Waals surface area contributed by atoms with Crippen LogP contribution in [0.25, 0.3) is 0 Å². The number of halogens is 7. The minimum Gasteiger partial charge on any atom is -0.478 e. The first-order valence-electron chi connectivity index (χ1n) is 14.3. The Balaban J connectivity index is 0. The van der Waals surface area contributed by atoms with Gasteiger partial charge in [-0.2, -0.15) is 0 Å². The summed E-state index contributed by atoms with van der Waals surface area (Å²) in [6.45, 7) is 12.0. The SMILES string of the molecule is Brc1ccccc1Br.CC.CC.CC.O=C(O)c1ccccc1C(=O)c1ccc(Br)c(Br)c1.O=C1OC(=O)c2ccccc21.[Cl][Al]([Cl])[Cl]. The van der Waals surface area contributed by atoms with Crippen LogP contribution in [0.15, 0.2) is 109 Å². The van der Waals surface area contributed by atoms with Crippen molar-refractivity contribution in [2.24, 2.45) is 0 Å². The second kappa shape index (κ2) is 28.2. The van der Waals surface area contributed by atoms with Gasteiger partial charge in [-0.05, 0) is 112 Å².